The van der Waals surface area contributed by atoms with Crippen LogP contribution < -0.4 is 0 Å². The Balaban J connectivity index is -0.000000152. The number of thiophene rings is 1. The molecule has 0 aliphatic heterocycles. The molecule has 0 unspecified atom stereocenters. The van der Waals surface area contributed by atoms with E-state index < -0.39 is 0 Å². The highest BCUT2D eigenvalue weighted by Crippen LogP contribution is 2.04. The first-order chi connectivity index (χ1) is 40.4. The third kappa shape index (κ3) is 66.8. The number of nitrogens with one attached hydrogen (secondary N) is 3. The molecule has 0 aliphatic carbocycles. The molecule has 3 N–H and O–H groups in total. The molecule has 11 aromatic rings. The molecule has 0 saturated heterocycles. The van der Waals surface area contributed by atoms with Crippen molar-refractivity contribution in [2.45, 2.75) is 187 Å². The molecule has 0 spiro atoms. The van der Waals surface area contributed by atoms with Crippen molar-refractivity contribution < 1.29 is 13.4 Å². The predicted octanol–water partition coefficient (Wildman–Crippen LogP) is 16.3. The molecule has 0 saturated carbocycles. The second-order valence-electron chi connectivity index (χ2n) is 13.7. The molecule has 23 nitrogen and oxygen atoms in total. The van der Waals surface area contributed by atoms with Crippen molar-refractivity contribution in [2.24, 2.45) is 14.1 Å². The van der Waals surface area contributed by atoms with Crippen molar-refractivity contribution >= 4 is 34.2 Å². The number of aryl methyl sites for hydroxylation is 15. The van der Waals surface area contributed by atoms with Crippen LogP contribution in [0.2, 0.25) is 0 Å². The quantitative estimate of drug-likeness (QED) is 0.127. The average Bonchev–Trinajstić information content (AvgIpc) is 4.30. The fourth-order valence-electron chi connectivity index (χ4n) is 3.82. The number of hydrogen-bond acceptors (Lipinski definition) is 21. The molecule has 0 amide bonds. The van der Waals surface area contributed by atoms with Crippen molar-refractivity contribution in [3.8, 4) is 0 Å². The van der Waals surface area contributed by atoms with Crippen LogP contribution in [-0.4, -0.2) is 99.6 Å². The highest BCUT2D eigenvalue weighted by atomic mass is 32.1. The van der Waals surface area contributed by atoms with Crippen LogP contribution >= 0.6 is 34.2 Å². The Morgan fingerprint density at radius 1 is 0.536 bits per heavy atom. The third-order valence-corrected chi connectivity index (χ3v) is 9.10. The number of H-pyrrole nitrogens is 3. The maximum absolute atomic E-state index is 4.86. The first kappa shape index (κ1) is 90.1. The Morgan fingerprint density at radius 3 is 1.18 bits per heavy atom. The lowest BCUT2D eigenvalue weighted by Crippen LogP contribution is -1.83. The molecule has 0 aliphatic rings. The molecule has 0 atom stereocenters. The maximum Gasteiger partial charge on any atom is 0.223 e. The molecule has 0 fully saturated rings. The van der Waals surface area contributed by atoms with Crippen LogP contribution in [0.1, 0.15) is 170 Å². The zero-order valence-electron chi connectivity index (χ0n) is 56.3. The van der Waals surface area contributed by atoms with Crippen molar-refractivity contribution in [3.63, 3.8) is 0 Å². The van der Waals surface area contributed by atoms with E-state index >= 15 is 0 Å². The number of hydrogen-bond donors (Lipinski definition) is 3. The van der Waals surface area contributed by atoms with E-state index in [1.807, 2.05) is 202 Å². The SMILES string of the molecule is CC.CC.CC.CC.CC.CC.CC.Cc1ccoc1.Cc1ccsc1.Cc1ncc[nH]1.Cc1ncn[nH]1.Cc1ncn[nH]1.Cc1nnc(C)o1.Cc1nnc(C)s1.Cc1noc(C)n1.Cc1nsc(C)n1.Cn1cccc1.Cn1cncn1. The van der Waals surface area contributed by atoms with Gasteiger partial charge in [0.25, 0.3) is 0 Å². The normalized spacial score (nSPS) is 8.06. The lowest BCUT2D eigenvalue weighted by molar-refractivity contribution is 0.389. The molecule has 26 heteroatoms. The standard InChI is InChI=1S/C5H7N.C5H6O.C5H6S.2C4H6N2O.2C4H6N2S.C4H6N2.3C3H5N3.7C2H6/c1-6-4-2-3-5-6;2*1-5-2-3-6-4-5;1-3-5-6-4(2)7-3;1-3-5-4(2)7-6-3;1-3-5-6-4(2)7-3;1-3-5-4(2)7-6-3;1-4-5-2-3-6-4;1-6-3-4-2-5-6;2*1-3-4-2-5-6-3;7*1-2/h2-5H,1H3;2*2-4H,1H3;4*1-2H3;2-3H,1H3,(H,5,6);2-3H,1H3;2*2H,1H3,(H,4,5,6);7*1-2H3. The van der Waals surface area contributed by atoms with Gasteiger partial charge in [-0.2, -0.15) is 36.0 Å². The second-order valence-corrected chi connectivity index (χ2v) is 16.9. The topological polar surface area (TPSA) is 290 Å². The monoisotopic (exact) mass is 1230 g/mol. The van der Waals surface area contributed by atoms with Gasteiger partial charge >= 0.3 is 0 Å². The van der Waals surface area contributed by atoms with Crippen LogP contribution in [0.4, 0.5) is 0 Å². The molecular weight excluding hydrogens is 1120 g/mol. The van der Waals surface area contributed by atoms with E-state index in [0.717, 1.165) is 38.3 Å². The smallest absolute Gasteiger partial charge is 0.223 e. The highest BCUT2D eigenvalue weighted by molar-refractivity contribution is 7.11. The summed E-state index contributed by atoms with van der Waals surface area (Å²) in [7, 11) is 3.83. The number of aromatic amines is 3. The highest BCUT2D eigenvalue weighted by Gasteiger charge is 1.91. The predicted molar refractivity (Wildman–Crippen MR) is 350 cm³/mol. The van der Waals surface area contributed by atoms with Crippen LogP contribution in [0.3, 0.4) is 0 Å². The third-order valence-electron chi connectivity index (χ3n) is 6.83. The molecule has 0 radical (unpaired) electrons. The average molecular weight is 1230 g/mol. The van der Waals surface area contributed by atoms with Gasteiger partial charge in [-0.05, 0) is 127 Å². The molecule has 11 heterocycles. The van der Waals surface area contributed by atoms with E-state index in [-0.39, 0.29) is 0 Å². The van der Waals surface area contributed by atoms with Crippen LogP contribution in [-0.2, 0) is 14.1 Å². The molecule has 11 rings (SSSR count). The molecular formula is C58H106N20O3S3. The van der Waals surface area contributed by atoms with Gasteiger partial charge in [0.1, 0.15) is 63.6 Å². The molecule has 84 heavy (non-hydrogen) atoms. The summed E-state index contributed by atoms with van der Waals surface area (Å²) in [5, 5.41) is 41.8. The van der Waals surface area contributed by atoms with E-state index in [0.29, 0.717) is 23.5 Å². The van der Waals surface area contributed by atoms with E-state index in [9.17, 15) is 0 Å². The number of furan rings is 1. The van der Waals surface area contributed by atoms with Crippen LogP contribution in [0.15, 0.2) is 111 Å². The number of rotatable bonds is 0. The van der Waals surface area contributed by atoms with Gasteiger partial charge < -0.3 is 22.9 Å². The Hall–Kier alpha value is -7.71. The number of nitrogens with zero attached hydrogens (tertiary/aromatic N) is 17. The van der Waals surface area contributed by atoms with E-state index in [1.54, 1.807) is 86.3 Å². The fraction of sp³-hybridized carbons (Fsp3) is 0.500. The minimum Gasteiger partial charge on any atom is -0.472 e. The Labute approximate surface area is 516 Å². The van der Waals surface area contributed by atoms with Crippen LogP contribution in [0, 0.1) is 90.0 Å². The fourth-order valence-corrected chi connectivity index (χ4v) is 5.56. The zero-order chi connectivity index (χ0) is 65.9. The number of imidazole rings is 1. The summed E-state index contributed by atoms with van der Waals surface area (Å²) >= 11 is 4.80. The van der Waals surface area contributed by atoms with Gasteiger partial charge in [-0.25, -0.2) is 24.9 Å². The Kier molecular flexibility index (Phi) is 74.6. The summed E-state index contributed by atoms with van der Waals surface area (Å²) in [5.41, 5.74) is 2.54. The lowest BCUT2D eigenvalue weighted by Gasteiger charge is -1.79. The molecule has 474 valence electrons. The van der Waals surface area contributed by atoms with Crippen molar-refractivity contribution in [3.05, 3.63) is 171 Å². The first-order valence-electron chi connectivity index (χ1n) is 27.9. The summed E-state index contributed by atoms with van der Waals surface area (Å²) in [5.74, 6) is 6.12. The summed E-state index contributed by atoms with van der Waals surface area (Å²) in [6.07, 6.45) is 17.0. The molecule has 0 aromatic carbocycles. The van der Waals surface area contributed by atoms with E-state index in [2.05, 4.69) is 119 Å². The van der Waals surface area contributed by atoms with Crippen LogP contribution in [0.5, 0.6) is 0 Å². The van der Waals surface area contributed by atoms with Crippen LogP contribution in [0.25, 0.3) is 0 Å². The van der Waals surface area contributed by atoms with Crippen molar-refractivity contribution in [2.75, 3.05) is 0 Å². The van der Waals surface area contributed by atoms with Gasteiger partial charge in [-0.15, -0.1) is 31.7 Å². The van der Waals surface area contributed by atoms with Gasteiger partial charge in [0.2, 0.25) is 17.7 Å². The zero-order valence-corrected chi connectivity index (χ0v) is 58.7. The lowest BCUT2D eigenvalue weighted by atomic mass is 10.4. The number of aromatic nitrogens is 20. The molecule has 11 aromatic heterocycles. The first-order valence-corrected chi connectivity index (χ1v) is 30.4. The minimum absolute atomic E-state index is 0.623. The summed E-state index contributed by atoms with van der Waals surface area (Å²) in [6.45, 7) is 52.5. The van der Waals surface area contributed by atoms with Gasteiger partial charge in [0, 0.05) is 59.7 Å². The second kappa shape index (κ2) is 69.6. The van der Waals surface area contributed by atoms with E-state index in [4.69, 9.17) is 8.83 Å². The Morgan fingerprint density at radius 2 is 1.06 bits per heavy atom. The van der Waals surface area contributed by atoms with E-state index in [1.165, 1.54) is 41.6 Å². The maximum atomic E-state index is 4.86. The summed E-state index contributed by atoms with van der Waals surface area (Å²) in [4.78, 5) is 25.8. The van der Waals surface area contributed by atoms with Crippen molar-refractivity contribution in [1.29, 1.82) is 0 Å². The summed E-state index contributed by atoms with van der Waals surface area (Å²) in [6, 6.07) is 8.02. The summed E-state index contributed by atoms with van der Waals surface area (Å²) < 4.78 is 21.8. The van der Waals surface area contributed by atoms with Crippen molar-refractivity contribution in [1.82, 2.24) is 99.6 Å². The van der Waals surface area contributed by atoms with Gasteiger partial charge in [-0.3, -0.25) is 14.9 Å². The largest absolute Gasteiger partial charge is 0.472 e. The Bertz CT molecular complexity index is 2190. The van der Waals surface area contributed by atoms with Gasteiger partial charge in [0.15, 0.2) is 5.82 Å². The van der Waals surface area contributed by atoms with Gasteiger partial charge in [-0.1, -0.05) is 102 Å². The van der Waals surface area contributed by atoms with Gasteiger partial charge in [0.05, 0.1) is 12.5 Å². The molecule has 0 bridgehead atoms. The minimum atomic E-state index is 0.623.